The van der Waals surface area contributed by atoms with Crippen LogP contribution >= 0.6 is 0 Å². The van der Waals surface area contributed by atoms with Gasteiger partial charge in [0.1, 0.15) is 5.78 Å². The van der Waals surface area contributed by atoms with Crippen LogP contribution in [0.2, 0.25) is 0 Å². The Morgan fingerprint density at radius 3 is 2.77 bits per heavy atom. The van der Waals surface area contributed by atoms with E-state index in [2.05, 4.69) is 26.0 Å². The van der Waals surface area contributed by atoms with Gasteiger partial charge in [0, 0.05) is 12.3 Å². The number of carbonyl (C=O) groups excluding carboxylic acids is 1. The normalized spacial score (nSPS) is 30.5. The lowest BCUT2D eigenvalue weighted by Crippen LogP contribution is -2.36. The first-order valence-corrected chi connectivity index (χ1v) is 8.99. The average molecular weight is 304 g/mol. The summed E-state index contributed by atoms with van der Waals surface area (Å²) < 4.78 is 0. The van der Waals surface area contributed by atoms with Crippen LogP contribution < -0.4 is 0 Å². The lowest BCUT2D eigenvalue weighted by Gasteiger charge is -2.40. The molecule has 0 amide bonds. The van der Waals surface area contributed by atoms with E-state index in [1.54, 1.807) is 0 Å². The van der Waals surface area contributed by atoms with Crippen molar-refractivity contribution in [3.05, 3.63) is 23.8 Å². The first kappa shape index (κ1) is 17.5. The van der Waals surface area contributed by atoms with E-state index in [1.807, 2.05) is 19.9 Å². The molecule has 0 aromatic rings. The van der Waals surface area contributed by atoms with Gasteiger partial charge in [-0.3, -0.25) is 4.79 Å². The number of hydrogen-bond donors (Lipinski definition) is 1. The number of allylic oxidation sites excluding steroid dienone is 3. The first-order valence-electron chi connectivity index (χ1n) is 8.99. The van der Waals surface area contributed by atoms with E-state index in [0.29, 0.717) is 11.7 Å². The molecule has 1 fully saturated rings. The molecule has 2 aliphatic rings. The summed E-state index contributed by atoms with van der Waals surface area (Å²) in [4.78, 5) is 12.2. The van der Waals surface area contributed by atoms with Crippen molar-refractivity contribution >= 4 is 5.78 Å². The zero-order chi connectivity index (χ0) is 16.4. The van der Waals surface area contributed by atoms with Crippen LogP contribution in [0.4, 0.5) is 0 Å². The monoisotopic (exact) mass is 304 g/mol. The predicted octanol–water partition coefficient (Wildman–Crippen LogP) is 4.83. The van der Waals surface area contributed by atoms with Gasteiger partial charge in [0.15, 0.2) is 0 Å². The molecule has 22 heavy (non-hydrogen) atoms. The summed E-state index contributed by atoms with van der Waals surface area (Å²) in [6, 6.07) is 0. The minimum atomic E-state index is -0.656. The van der Waals surface area contributed by atoms with Crippen molar-refractivity contribution in [1.29, 1.82) is 0 Å². The highest BCUT2D eigenvalue weighted by molar-refractivity contribution is 5.84. The lowest BCUT2D eigenvalue weighted by atomic mass is 9.63. The number of carbonyl (C=O) groups is 1. The second kappa shape index (κ2) is 6.70. The van der Waals surface area contributed by atoms with E-state index >= 15 is 0 Å². The Balaban J connectivity index is 2.03. The Kier molecular flexibility index (Phi) is 5.32. The van der Waals surface area contributed by atoms with Gasteiger partial charge in [-0.2, -0.15) is 0 Å². The molecule has 2 aliphatic carbocycles. The molecule has 0 aliphatic heterocycles. The zero-order valence-electron chi connectivity index (χ0n) is 14.7. The Morgan fingerprint density at radius 1 is 1.45 bits per heavy atom. The Hall–Kier alpha value is -0.890. The maximum Gasteiger partial charge on any atom is 0.137 e. The highest BCUT2D eigenvalue weighted by Gasteiger charge is 2.47. The molecular formula is C20H32O2. The van der Waals surface area contributed by atoms with E-state index in [0.717, 1.165) is 44.9 Å². The van der Waals surface area contributed by atoms with Crippen molar-refractivity contribution < 1.29 is 9.90 Å². The third kappa shape index (κ3) is 3.22. The third-order valence-corrected chi connectivity index (χ3v) is 6.18. The van der Waals surface area contributed by atoms with Gasteiger partial charge < -0.3 is 5.11 Å². The van der Waals surface area contributed by atoms with E-state index in [4.69, 9.17) is 0 Å². The SMILES string of the molecule is CCC(O)(C=CCC(C)C1=CC[C@H]2C(=O)CCC[C@]12C)CC. The smallest absolute Gasteiger partial charge is 0.137 e. The quantitative estimate of drug-likeness (QED) is 0.714. The fourth-order valence-electron chi connectivity index (χ4n) is 4.42. The van der Waals surface area contributed by atoms with Crippen molar-refractivity contribution in [1.82, 2.24) is 0 Å². The van der Waals surface area contributed by atoms with Gasteiger partial charge in [-0.15, -0.1) is 0 Å². The summed E-state index contributed by atoms with van der Waals surface area (Å²) in [5.74, 6) is 1.15. The molecule has 2 rings (SSSR count). The second-order valence-electron chi connectivity index (χ2n) is 7.53. The average Bonchev–Trinajstić information content (AvgIpc) is 2.85. The third-order valence-electron chi connectivity index (χ3n) is 6.18. The molecule has 0 heterocycles. The van der Waals surface area contributed by atoms with Crippen LogP contribution in [0.1, 0.15) is 72.6 Å². The number of rotatable bonds is 6. The highest BCUT2D eigenvalue weighted by Crippen LogP contribution is 2.53. The maximum atomic E-state index is 12.2. The molecule has 0 radical (unpaired) electrons. The minimum Gasteiger partial charge on any atom is -0.386 e. The molecule has 0 bridgehead atoms. The summed E-state index contributed by atoms with van der Waals surface area (Å²) in [5.41, 5.74) is 0.914. The molecule has 1 saturated carbocycles. The molecule has 0 spiro atoms. The molecule has 0 aromatic carbocycles. The van der Waals surface area contributed by atoms with Crippen molar-refractivity contribution in [3.8, 4) is 0 Å². The molecule has 2 nitrogen and oxygen atoms in total. The van der Waals surface area contributed by atoms with Crippen LogP contribution in [-0.4, -0.2) is 16.5 Å². The largest absolute Gasteiger partial charge is 0.386 e. The van der Waals surface area contributed by atoms with E-state index in [-0.39, 0.29) is 11.3 Å². The predicted molar refractivity (Wildman–Crippen MR) is 91.6 cm³/mol. The van der Waals surface area contributed by atoms with Crippen LogP contribution in [0.3, 0.4) is 0 Å². The Morgan fingerprint density at radius 2 is 2.14 bits per heavy atom. The molecule has 3 atom stereocenters. The van der Waals surface area contributed by atoms with E-state index in [1.165, 1.54) is 5.57 Å². The minimum absolute atomic E-state index is 0.0917. The van der Waals surface area contributed by atoms with Crippen LogP contribution in [0, 0.1) is 17.3 Å². The second-order valence-corrected chi connectivity index (χ2v) is 7.53. The molecular weight excluding hydrogens is 272 g/mol. The van der Waals surface area contributed by atoms with Gasteiger partial charge in [0.05, 0.1) is 5.60 Å². The fourth-order valence-corrected chi connectivity index (χ4v) is 4.42. The van der Waals surface area contributed by atoms with Crippen LogP contribution in [0.5, 0.6) is 0 Å². The maximum absolute atomic E-state index is 12.2. The van der Waals surface area contributed by atoms with Crippen molar-refractivity contribution in [2.45, 2.75) is 78.2 Å². The van der Waals surface area contributed by atoms with Gasteiger partial charge in [0.25, 0.3) is 0 Å². The summed E-state index contributed by atoms with van der Waals surface area (Å²) in [6.45, 7) is 8.61. The van der Waals surface area contributed by atoms with Gasteiger partial charge in [-0.1, -0.05) is 51.5 Å². The molecule has 2 heteroatoms. The van der Waals surface area contributed by atoms with E-state index in [9.17, 15) is 9.90 Å². The first-order chi connectivity index (χ1) is 10.4. The number of Topliss-reactive ketones (excluding diaryl/α,β-unsaturated/α-hetero) is 1. The molecule has 1 N–H and O–H groups in total. The summed E-state index contributed by atoms with van der Waals surface area (Å²) >= 11 is 0. The van der Waals surface area contributed by atoms with Gasteiger partial charge >= 0.3 is 0 Å². The van der Waals surface area contributed by atoms with Crippen LogP contribution in [0.25, 0.3) is 0 Å². The van der Waals surface area contributed by atoms with Crippen molar-refractivity contribution in [3.63, 3.8) is 0 Å². The zero-order valence-corrected chi connectivity index (χ0v) is 14.7. The number of fused-ring (bicyclic) bond motifs is 1. The number of hydrogen-bond acceptors (Lipinski definition) is 2. The highest BCUT2D eigenvalue weighted by atomic mass is 16.3. The van der Waals surface area contributed by atoms with Crippen LogP contribution in [0.15, 0.2) is 23.8 Å². The van der Waals surface area contributed by atoms with Crippen molar-refractivity contribution in [2.75, 3.05) is 0 Å². The molecule has 1 unspecified atom stereocenters. The fraction of sp³-hybridized carbons (Fsp3) is 0.750. The lowest BCUT2D eigenvalue weighted by molar-refractivity contribution is -0.128. The number of aliphatic hydroxyl groups is 1. The van der Waals surface area contributed by atoms with E-state index < -0.39 is 5.60 Å². The van der Waals surface area contributed by atoms with Gasteiger partial charge in [-0.05, 0) is 49.9 Å². The molecule has 0 aromatic heterocycles. The molecule has 124 valence electrons. The number of ketones is 1. The summed E-state index contributed by atoms with van der Waals surface area (Å²) in [5, 5.41) is 10.3. The summed E-state index contributed by atoms with van der Waals surface area (Å²) in [6.07, 6.45) is 12.8. The van der Waals surface area contributed by atoms with Crippen LogP contribution in [-0.2, 0) is 4.79 Å². The van der Waals surface area contributed by atoms with Crippen molar-refractivity contribution in [2.24, 2.45) is 17.3 Å². The van der Waals surface area contributed by atoms with Gasteiger partial charge in [0.2, 0.25) is 0 Å². The topological polar surface area (TPSA) is 37.3 Å². The summed E-state index contributed by atoms with van der Waals surface area (Å²) in [7, 11) is 0. The Labute approximate surface area is 135 Å². The molecule has 0 saturated heterocycles. The standard InChI is InChI=1S/C20H32O2/c1-5-20(22,6-2)14-7-9-15(3)16-11-12-17-18(21)10-8-13-19(16,17)4/h7,11,14-15,17,22H,5-6,8-10,12-13H2,1-4H3/t15?,17-,19+/m0/s1. The Bertz CT molecular complexity index is 470. The van der Waals surface area contributed by atoms with Gasteiger partial charge in [-0.25, -0.2) is 0 Å².